The van der Waals surface area contributed by atoms with Crippen molar-refractivity contribution in [2.75, 3.05) is 18.4 Å². The summed E-state index contributed by atoms with van der Waals surface area (Å²) in [4.78, 5) is 24.4. The van der Waals surface area contributed by atoms with Gasteiger partial charge in [-0.2, -0.15) is 0 Å². The number of likely N-dealkylation sites (N-methyl/N-ethyl adjacent to an activating group) is 1. The molecule has 0 fully saturated rings. The van der Waals surface area contributed by atoms with Gasteiger partial charge < -0.3 is 16.0 Å². The molecule has 0 aromatic heterocycles. The Morgan fingerprint density at radius 2 is 1.81 bits per heavy atom. The molecular weight excluding hydrogens is 266 g/mol. The Morgan fingerprint density at radius 1 is 1.14 bits per heavy atom. The lowest BCUT2D eigenvalue weighted by Gasteiger charge is -2.25. The number of hydrogen-bond acceptors (Lipinski definition) is 3. The topological polar surface area (TPSA) is 70.2 Å². The lowest BCUT2D eigenvalue weighted by molar-refractivity contribution is -0.121. The molecule has 0 heterocycles. The van der Waals surface area contributed by atoms with Crippen LogP contribution in [0, 0.1) is 0 Å². The first kappa shape index (κ1) is 17.2. The van der Waals surface area contributed by atoms with E-state index in [1.54, 1.807) is 24.3 Å². The predicted octanol–water partition coefficient (Wildman–Crippen LogP) is 2.15. The highest BCUT2D eigenvalue weighted by Crippen LogP contribution is 2.17. The number of hydrogen-bond donors (Lipinski definition) is 3. The van der Waals surface area contributed by atoms with Gasteiger partial charge in [0, 0.05) is 6.54 Å². The van der Waals surface area contributed by atoms with Crippen LogP contribution in [-0.4, -0.2) is 30.4 Å². The number of carbonyl (C=O) groups excluding carboxylic acids is 2. The second-order valence-corrected chi connectivity index (χ2v) is 5.41. The quantitative estimate of drug-likeness (QED) is 0.721. The van der Waals surface area contributed by atoms with Crippen LogP contribution in [-0.2, 0) is 4.79 Å². The van der Waals surface area contributed by atoms with Gasteiger partial charge in [-0.15, -0.1) is 0 Å². The van der Waals surface area contributed by atoms with Crippen LogP contribution in [0.3, 0.4) is 0 Å². The third-order valence-corrected chi connectivity index (χ3v) is 3.14. The lowest BCUT2D eigenvalue weighted by Crippen LogP contribution is -2.49. The molecular formula is C16H25N3O2. The number of para-hydroxylation sites is 1. The summed E-state index contributed by atoms with van der Waals surface area (Å²) < 4.78 is 0. The molecule has 21 heavy (non-hydrogen) atoms. The van der Waals surface area contributed by atoms with Crippen molar-refractivity contribution < 1.29 is 9.59 Å². The fourth-order valence-electron chi connectivity index (χ4n) is 1.92. The fourth-order valence-corrected chi connectivity index (χ4v) is 1.92. The van der Waals surface area contributed by atoms with Crippen LogP contribution >= 0.6 is 0 Å². The summed E-state index contributed by atoms with van der Waals surface area (Å²) in [6.07, 6.45) is 0.869. The highest BCUT2D eigenvalue weighted by atomic mass is 16.2. The third-order valence-electron chi connectivity index (χ3n) is 3.14. The molecule has 116 valence electrons. The van der Waals surface area contributed by atoms with Crippen molar-refractivity contribution in [1.82, 2.24) is 10.6 Å². The smallest absolute Gasteiger partial charge is 0.253 e. The highest BCUT2D eigenvalue weighted by Gasteiger charge is 2.27. The van der Waals surface area contributed by atoms with Crippen molar-refractivity contribution in [2.45, 2.75) is 39.7 Å². The van der Waals surface area contributed by atoms with Crippen molar-refractivity contribution in [3.63, 3.8) is 0 Å². The molecule has 0 radical (unpaired) electrons. The fraction of sp³-hybridized carbons (Fsp3) is 0.500. The number of rotatable bonds is 7. The van der Waals surface area contributed by atoms with E-state index < -0.39 is 5.54 Å². The predicted molar refractivity (Wildman–Crippen MR) is 85.5 cm³/mol. The van der Waals surface area contributed by atoms with Crippen molar-refractivity contribution in [3.05, 3.63) is 29.8 Å². The molecule has 0 aliphatic carbocycles. The van der Waals surface area contributed by atoms with Gasteiger partial charge >= 0.3 is 0 Å². The van der Waals surface area contributed by atoms with Crippen molar-refractivity contribution in [3.8, 4) is 0 Å². The maximum atomic E-state index is 12.3. The molecule has 0 atom stereocenters. The minimum atomic E-state index is -0.693. The zero-order valence-electron chi connectivity index (χ0n) is 13.2. The highest BCUT2D eigenvalue weighted by molar-refractivity contribution is 6.05. The zero-order chi connectivity index (χ0) is 15.9. The average molecular weight is 291 g/mol. The van der Waals surface area contributed by atoms with E-state index in [0.29, 0.717) is 24.3 Å². The van der Waals surface area contributed by atoms with Gasteiger partial charge in [-0.3, -0.25) is 9.59 Å². The average Bonchev–Trinajstić information content (AvgIpc) is 2.45. The summed E-state index contributed by atoms with van der Waals surface area (Å²) in [5.41, 5.74) is 0.315. The molecule has 1 rings (SSSR count). The second-order valence-electron chi connectivity index (χ2n) is 5.41. The SMILES string of the molecule is CCCNC(=O)c1ccccc1NC(=O)C(C)(C)NCC. The van der Waals surface area contributed by atoms with E-state index in [1.165, 1.54) is 0 Å². The van der Waals surface area contributed by atoms with Gasteiger partial charge in [0.1, 0.15) is 0 Å². The molecule has 0 unspecified atom stereocenters. The zero-order valence-corrected chi connectivity index (χ0v) is 13.2. The molecule has 5 nitrogen and oxygen atoms in total. The minimum absolute atomic E-state index is 0.167. The van der Waals surface area contributed by atoms with Crippen LogP contribution in [0.15, 0.2) is 24.3 Å². The van der Waals surface area contributed by atoms with E-state index in [-0.39, 0.29) is 11.8 Å². The molecule has 0 saturated heterocycles. The number of anilines is 1. The summed E-state index contributed by atoms with van der Waals surface area (Å²) in [5.74, 6) is -0.339. The van der Waals surface area contributed by atoms with E-state index in [4.69, 9.17) is 0 Å². The lowest BCUT2D eigenvalue weighted by atomic mass is 10.0. The van der Waals surface area contributed by atoms with Crippen LogP contribution in [0.5, 0.6) is 0 Å². The van der Waals surface area contributed by atoms with Gasteiger partial charge in [0.15, 0.2) is 0 Å². The second kappa shape index (κ2) is 7.78. The van der Waals surface area contributed by atoms with Gasteiger partial charge in [-0.1, -0.05) is 26.0 Å². The Kier molecular flexibility index (Phi) is 6.37. The summed E-state index contributed by atoms with van der Waals surface area (Å²) in [7, 11) is 0. The Labute approximate surface area is 126 Å². The van der Waals surface area contributed by atoms with Crippen LogP contribution in [0.4, 0.5) is 5.69 Å². The first-order valence-electron chi connectivity index (χ1n) is 7.36. The summed E-state index contributed by atoms with van der Waals surface area (Å²) in [6.45, 7) is 8.87. The van der Waals surface area contributed by atoms with E-state index in [9.17, 15) is 9.59 Å². The van der Waals surface area contributed by atoms with Gasteiger partial charge in [0.05, 0.1) is 16.8 Å². The van der Waals surface area contributed by atoms with E-state index >= 15 is 0 Å². The van der Waals surface area contributed by atoms with Crippen LogP contribution in [0.2, 0.25) is 0 Å². The standard InChI is InChI=1S/C16H25N3O2/c1-5-11-17-14(20)12-9-7-8-10-13(12)19-15(21)16(3,4)18-6-2/h7-10,18H,5-6,11H2,1-4H3,(H,17,20)(H,19,21). The monoisotopic (exact) mass is 291 g/mol. The molecule has 0 bridgehead atoms. The number of carbonyl (C=O) groups is 2. The molecule has 1 aromatic rings. The van der Waals surface area contributed by atoms with Crippen molar-refractivity contribution >= 4 is 17.5 Å². The molecule has 2 amide bonds. The first-order chi connectivity index (χ1) is 9.92. The maximum Gasteiger partial charge on any atom is 0.253 e. The van der Waals surface area contributed by atoms with Crippen molar-refractivity contribution in [1.29, 1.82) is 0 Å². The van der Waals surface area contributed by atoms with E-state index in [1.807, 2.05) is 27.7 Å². The maximum absolute atomic E-state index is 12.3. The van der Waals surface area contributed by atoms with E-state index in [0.717, 1.165) is 6.42 Å². The van der Waals surface area contributed by atoms with Gasteiger partial charge in [-0.05, 0) is 38.9 Å². The number of amides is 2. The minimum Gasteiger partial charge on any atom is -0.352 e. The third kappa shape index (κ3) is 4.86. The summed E-state index contributed by atoms with van der Waals surface area (Å²) in [6, 6.07) is 7.03. The summed E-state index contributed by atoms with van der Waals surface area (Å²) >= 11 is 0. The molecule has 0 aliphatic heterocycles. The molecule has 3 N–H and O–H groups in total. The van der Waals surface area contributed by atoms with Crippen LogP contribution in [0.25, 0.3) is 0 Å². The molecule has 5 heteroatoms. The van der Waals surface area contributed by atoms with Crippen LogP contribution in [0.1, 0.15) is 44.5 Å². The summed E-state index contributed by atoms with van der Waals surface area (Å²) in [5, 5.41) is 8.76. The normalized spacial score (nSPS) is 11.0. The van der Waals surface area contributed by atoms with Gasteiger partial charge in [0.2, 0.25) is 5.91 Å². The molecule has 0 saturated carbocycles. The Bertz CT molecular complexity index is 498. The number of nitrogens with one attached hydrogen (secondary N) is 3. The van der Waals surface area contributed by atoms with Crippen LogP contribution < -0.4 is 16.0 Å². The Hall–Kier alpha value is -1.88. The first-order valence-corrected chi connectivity index (χ1v) is 7.36. The van der Waals surface area contributed by atoms with Gasteiger partial charge in [-0.25, -0.2) is 0 Å². The largest absolute Gasteiger partial charge is 0.352 e. The molecule has 0 aliphatic rings. The number of benzene rings is 1. The Balaban J connectivity index is 2.89. The van der Waals surface area contributed by atoms with E-state index in [2.05, 4.69) is 16.0 Å². The van der Waals surface area contributed by atoms with Crippen molar-refractivity contribution in [2.24, 2.45) is 0 Å². The molecule has 0 spiro atoms. The van der Waals surface area contributed by atoms with Gasteiger partial charge in [0.25, 0.3) is 5.91 Å². The molecule has 1 aromatic carbocycles. The Morgan fingerprint density at radius 3 is 2.43 bits per heavy atom.